The molecule has 1 aromatic rings. The molecule has 0 aliphatic rings. The Bertz CT molecular complexity index is 375. The number of nitrogens with zero attached hydrogens (tertiary/aromatic N) is 1. The Morgan fingerprint density at radius 3 is 2.21 bits per heavy atom. The number of carbonyl (C=O) groups is 1. The van der Waals surface area contributed by atoms with Gasteiger partial charge in [-0.1, -0.05) is 0 Å². The van der Waals surface area contributed by atoms with Gasteiger partial charge in [0.05, 0.1) is 5.41 Å². The predicted molar refractivity (Wildman–Crippen MR) is 55.5 cm³/mol. The van der Waals surface area contributed by atoms with Crippen molar-refractivity contribution in [1.82, 2.24) is 4.57 Å². The average molecular weight is 195 g/mol. The lowest BCUT2D eigenvalue weighted by Gasteiger charge is -2.19. The van der Waals surface area contributed by atoms with E-state index in [4.69, 9.17) is 5.11 Å². The first-order valence-corrected chi connectivity index (χ1v) is 4.65. The molecule has 0 aromatic carbocycles. The minimum absolute atomic E-state index is 0.786. The summed E-state index contributed by atoms with van der Waals surface area (Å²) in [6, 6.07) is 1.95. The Balaban J connectivity index is 3.33. The quantitative estimate of drug-likeness (QED) is 0.784. The molecular formula is C11H17NO2. The second-order valence-corrected chi connectivity index (χ2v) is 4.27. The number of rotatable bonds is 2. The molecule has 0 saturated carbocycles. The van der Waals surface area contributed by atoms with Crippen LogP contribution in [-0.2, 0) is 17.3 Å². The molecule has 3 heteroatoms. The summed E-state index contributed by atoms with van der Waals surface area (Å²) in [6.45, 7) is 7.40. The third-order valence-electron chi connectivity index (χ3n) is 2.98. The fourth-order valence-electron chi connectivity index (χ4n) is 1.60. The smallest absolute Gasteiger partial charge is 0.313 e. The van der Waals surface area contributed by atoms with Crippen LogP contribution < -0.4 is 0 Å². The maximum Gasteiger partial charge on any atom is 0.313 e. The van der Waals surface area contributed by atoms with Crippen molar-refractivity contribution < 1.29 is 9.90 Å². The fourth-order valence-corrected chi connectivity index (χ4v) is 1.60. The normalized spacial score (nSPS) is 11.8. The van der Waals surface area contributed by atoms with Gasteiger partial charge in [-0.2, -0.15) is 0 Å². The predicted octanol–water partition coefficient (Wildman–Crippen LogP) is 2.00. The van der Waals surface area contributed by atoms with Gasteiger partial charge in [0, 0.05) is 18.4 Å². The van der Waals surface area contributed by atoms with Gasteiger partial charge < -0.3 is 9.67 Å². The molecule has 0 aliphatic carbocycles. The molecule has 3 nitrogen and oxygen atoms in total. The van der Waals surface area contributed by atoms with Gasteiger partial charge in [0.25, 0.3) is 0 Å². The van der Waals surface area contributed by atoms with E-state index in [0.29, 0.717) is 0 Å². The van der Waals surface area contributed by atoms with Gasteiger partial charge in [0.1, 0.15) is 0 Å². The van der Waals surface area contributed by atoms with E-state index in [1.807, 2.05) is 31.5 Å². The molecule has 0 bridgehead atoms. The molecule has 14 heavy (non-hydrogen) atoms. The summed E-state index contributed by atoms with van der Waals surface area (Å²) < 4.78 is 2.01. The minimum Gasteiger partial charge on any atom is -0.481 e. The number of aromatic nitrogens is 1. The zero-order valence-corrected chi connectivity index (χ0v) is 9.38. The third kappa shape index (κ3) is 1.43. The van der Waals surface area contributed by atoms with Gasteiger partial charge in [-0.25, -0.2) is 0 Å². The topological polar surface area (TPSA) is 42.2 Å². The van der Waals surface area contributed by atoms with Crippen LogP contribution >= 0.6 is 0 Å². The van der Waals surface area contributed by atoms with Crippen molar-refractivity contribution >= 4 is 5.97 Å². The maximum atomic E-state index is 11.1. The molecule has 0 atom stereocenters. The second kappa shape index (κ2) is 3.15. The molecule has 0 amide bonds. The van der Waals surface area contributed by atoms with Gasteiger partial charge in [-0.15, -0.1) is 0 Å². The van der Waals surface area contributed by atoms with Crippen molar-refractivity contribution in [3.63, 3.8) is 0 Å². The first-order valence-electron chi connectivity index (χ1n) is 4.65. The molecule has 1 N–H and O–H groups in total. The highest BCUT2D eigenvalue weighted by Crippen LogP contribution is 2.28. The SMILES string of the molecule is Cc1cc(C(C)(C)C(=O)O)c(C)n1C. The average Bonchev–Trinajstić information content (AvgIpc) is 2.33. The number of hydrogen-bond acceptors (Lipinski definition) is 1. The number of aliphatic carboxylic acids is 1. The highest BCUT2D eigenvalue weighted by Gasteiger charge is 2.32. The zero-order chi connectivity index (χ0) is 11.1. The van der Waals surface area contributed by atoms with Gasteiger partial charge in [0.15, 0.2) is 0 Å². The Labute approximate surface area is 84.4 Å². The summed E-state index contributed by atoms with van der Waals surface area (Å²) in [5.74, 6) is -0.786. The van der Waals surface area contributed by atoms with E-state index < -0.39 is 11.4 Å². The molecule has 1 rings (SSSR count). The lowest BCUT2D eigenvalue weighted by Crippen LogP contribution is -2.29. The van der Waals surface area contributed by atoms with Gasteiger partial charge in [-0.05, 0) is 39.3 Å². The second-order valence-electron chi connectivity index (χ2n) is 4.27. The van der Waals surface area contributed by atoms with Crippen LogP contribution in [-0.4, -0.2) is 15.6 Å². The number of aryl methyl sites for hydroxylation is 1. The number of carboxylic acids is 1. The zero-order valence-electron chi connectivity index (χ0n) is 9.38. The van der Waals surface area contributed by atoms with Crippen LogP contribution in [0, 0.1) is 13.8 Å². The first kappa shape index (κ1) is 10.8. The summed E-state index contributed by atoms with van der Waals surface area (Å²) in [7, 11) is 1.95. The van der Waals surface area contributed by atoms with E-state index in [2.05, 4.69) is 0 Å². The molecular weight excluding hydrogens is 178 g/mol. The standard InChI is InChI=1S/C11H17NO2/c1-7-6-9(8(2)12(7)5)11(3,4)10(13)14/h6H,1-5H3,(H,13,14). The Kier molecular flexibility index (Phi) is 2.44. The van der Waals surface area contributed by atoms with Crippen LogP contribution in [0.4, 0.5) is 0 Å². The highest BCUT2D eigenvalue weighted by atomic mass is 16.4. The van der Waals surface area contributed by atoms with Gasteiger partial charge in [-0.3, -0.25) is 4.79 Å². The largest absolute Gasteiger partial charge is 0.481 e. The van der Waals surface area contributed by atoms with Gasteiger partial charge >= 0.3 is 5.97 Å². The van der Waals surface area contributed by atoms with E-state index in [-0.39, 0.29) is 0 Å². The minimum atomic E-state index is -0.809. The van der Waals surface area contributed by atoms with Crippen molar-refractivity contribution in [2.75, 3.05) is 0 Å². The lowest BCUT2D eigenvalue weighted by molar-refractivity contribution is -0.142. The van der Waals surface area contributed by atoms with Crippen LogP contribution in [0.2, 0.25) is 0 Å². The number of carboxylic acid groups (broad SMARTS) is 1. The summed E-state index contributed by atoms with van der Waals surface area (Å²) >= 11 is 0. The third-order valence-corrected chi connectivity index (χ3v) is 2.98. The van der Waals surface area contributed by atoms with E-state index in [9.17, 15) is 4.79 Å². The summed E-state index contributed by atoms with van der Waals surface area (Å²) in [6.07, 6.45) is 0. The number of hydrogen-bond donors (Lipinski definition) is 1. The van der Waals surface area contributed by atoms with Crippen LogP contribution in [0.3, 0.4) is 0 Å². The monoisotopic (exact) mass is 195 g/mol. The lowest BCUT2D eigenvalue weighted by atomic mass is 9.85. The molecule has 0 radical (unpaired) electrons. The van der Waals surface area contributed by atoms with Crippen molar-refractivity contribution in [2.24, 2.45) is 7.05 Å². The van der Waals surface area contributed by atoms with Gasteiger partial charge in [0.2, 0.25) is 0 Å². The molecule has 1 aromatic heterocycles. The first-order chi connectivity index (χ1) is 6.28. The molecule has 0 spiro atoms. The fraction of sp³-hybridized carbons (Fsp3) is 0.545. The summed E-state index contributed by atoms with van der Waals surface area (Å²) in [5.41, 5.74) is 2.20. The Hall–Kier alpha value is -1.25. The highest BCUT2D eigenvalue weighted by molar-refractivity contribution is 5.80. The summed E-state index contributed by atoms with van der Waals surface area (Å²) in [5, 5.41) is 9.11. The molecule has 0 aliphatic heterocycles. The molecule has 78 valence electrons. The summed E-state index contributed by atoms with van der Waals surface area (Å²) in [4.78, 5) is 11.1. The van der Waals surface area contributed by atoms with Crippen LogP contribution in [0.15, 0.2) is 6.07 Å². The van der Waals surface area contributed by atoms with Crippen LogP contribution in [0.5, 0.6) is 0 Å². The van der Waals surface area contributed by atoms with E-state index in [1.165, 1.54) is 0 Å². The maximum absolute atomic E-state index is 11.1. The van der Waals surface area contributed by atoms with Crippen molar-refractivity contribution in [3.05, 3.63) is 23.0 Å². The molecule has 0 fully saturated rings. The van der Waals surface area contributed by atoms with Crippen molar-refractivity contribution in [2.45, 2.75) is 33.1 Å². The molecule has 0 saturated heterocycles. The van der Waals surface area contributed by atoms with E-state index in [1.54, 1.807) is 13.8 Å². The van der Waals surface area contributed by atoms with E-state index >= 15 is 0 Å². The van der Waals surface area contributed by atoms with Crippen LogP contribution in [0.25, 0.3) is 0 Å². The molecule has 0 unspecified atom stereocenters. The Morgan fingerprint density at radius 1 is 1.43 bits per heavy atom. The van der Waals surface area contributed by atoms with Crippen LogP contribution in [0.1, 0.15) is 30.8 Å². The van der Waals surface area contributed by atoms with Crippen molar-refractivity contribution in [3.8, 4) is 0 Å². The van der Waals surface area contributed by atoms with Crippen molar-refractivity contribution in [1.29, 1.82) is 0 Å². The molecule has 1 heterocycles. The van der Waals surface area contributed by atoms with E-state index in [0.717, 1.165) is 17.0 Å². The Morgan fingerprint density at radius 2 is 1.93 bits per heavy atom.